The van der Waals surface area contributed by atoms with Gasteiger partial charge in [-0.05, 0) is 44.4 Å². The monoisotopic (exact) mass is 332 g/mol. The zero-order valence-corrected chi connectivity index (χ0v) is 14.8. The summed E-state index contributed by atoms with van der Waals surface area (Å²) in [7, 11) is 6.14. The molecule has 23 heavy (non-hydrogen) atoms. The molecule has 0 aromatic heterocycles. The minimum absolute atomic E-state index is 0.0844. The number of hydrogen-bond acceptors (Lipinski definition) is 3. The average Bonchev–Trinajstić information content (AvgIpc) is 2.52. The van der Waals surface area contributed by atoms with Crippen molar-refractivity contribution in [2.24, 2.45) is 0 Å². The molecule has 2 aromatic rings. The molecule has 0 aliphatic rings. The van der Waals surface area contributed by atoms with Crippen molar-refractivity contribution in [2.75, 3.05) is 34.3 Å². The third-order valence-electron chi connectivity index (χ3n) is 3.65. The highest BCUT2D eigenvalue weighted by Crippen LogP contribution is 2.22. The van der Waals surface area contributed by atoms with Crippen LogP contribution in [0, 0.1) is 0 Å². The molecule has 1 unspecified atom stereocenters. The van der Waals surface area contributed by atoms with Crippen LogP contribution in [0.4, 0.5) is 0 Å². The van der Waals surface area contributed by atoms with Crippen LogP contribution in [0.15, 0.2) is 54.6 Å². The summed E-state index contributed by atoms with van der Waals surface area (Å²) < 4.78 is 6.08. The Morgan fingerprint density at radius 1 is 1.00 bits per heavy atom. The molecule has 4 heteroatoms. The predicted octanol–water partition coefficient (Wildman–Crippen LogP) is 4.05. The van der Waals surface area contributed by atoms with Gasteiger partial charge in [-0.25, -0.2) is 0 Å². The van der Waals surface area contributed by atoms with Crippen molar-refractivity contribution in [3.63, 3.8) is 0 Å². The van der Waals surface area contributed by atoms with Gasteiger partial charge in [-0.1, -0.05) is 54.1 Å². The molecule has 0 radical (unpaired) electrons. The average molecular weight is 333 g/mol. The van der Waals surface area contributed by atoms with Crippen LogP contribution < -0.4 is 0 Å². The Morgan fingerprint density at radius 2 is 1.74 bits per heavy atom. The summed E-state index contributed by atoms with van der Waals surface area (Å²) in [4.78, 5) is 4.32. The van der Waals surface area contributed by atoms with Gasteiger partial charge in [0.25, 0.3) is 0 Å². The molecule has 1 atom stereocenters. The molecule has 0 aliphatic carbocycles. The van der Waals surface area contributed by atoms with Crippen LogP contribution in [0.25, 0.3) is 0 Å². The number of ether oxygens (including phenoxy) is 1. The minimum atomic E-state index is -0.0844. The maximum absolute atomic E-state index is 6.09. The molecular weight excluding hydrogens is 308 g/mol. The molecule has 0 fully saturated rings. The molecule has 0 heterocycles. The molecule has 3 nitrogen and oxygen atoms in total. The maximum Gasteiger partial charge on any atom is 0.136 e. The normalized spacial score (nSPS) is 12.8. The van der Waals surface area contributed by atoms with Crippen LogP contribution in [0.5, 0.6) is 0 Å². The van der Waals surface area contributed by atoms with Gasteiger partial charge in [-0.2, -0.15) is 0 Å². The molecule has 0 bridgehead atoms. The maximum atomic E-state index is 6.09. The van der Waals surface area contributed by atoms with Gasteiger partial charge in [-0.3, -0.25) is 9.80 Å². The lowest BCUT2D eigenvalue weighted by Gasteiger charge is -2.26. The Hall–Kier alpha value is -1.39. The van der Waals surface area contributed by atoms with Gasteiger partial charge in [0, 0.05) is 18.1 Å². The molecule has 0 aliphatic heterocycles. The van der Waals surface area contributed by atoms with Crippen LogP contribution in [0.1, 0.15) is 17.4 Å². The summed E-state index contributed by atoms with van der Waals surface area (Å²) in [6.45, 7) is 2.46. The van der Waals surface area contributed by atoms with Crippen LogP contribution >= 0.6 is 11.6 Å². The highest BCUT2D eigenvalue weighted by Gasteiger charge is 2.15. The Bertz CT molecular complexity index is 589. The number of nitrogens with zero attached hydrogens (tertiary/aromatic N) is 2. The fourth-order valence-corrected chi connectivity index (χ4v) is 2.70. The number of hydrogen-bond donors (Lipinski definition) is 0. The van der Waals surface area contributed by atoms with Gasteiger partial charge < -0.3 is 4.74 Å². The molecule has 0 amide bonds. The highest BCUT2D eigenvalue weighted by atomic mass is 35.5. The highest BCUT2D eigenvalue weighted by molar-refractivity contribution is 6.30. The number of halogens is 1. The largest absolute Gasteiger partial charge is 0.358 e. The van der Waals surface area contributed by atoms with Crippen molar-refractivity contribution in [2.45, 2.75) is 12.8 Å². The molecule has 0 saturated carbocycles. The van der Waals surface area contributed by atoms with E-state index >= 15 is 0 Å². The summed E-state index contributed by atoms with van der Waals surface area (Å²) in [5.41, 5.74) is 2.39. The number of likely N-dealkylation sites (N-methyl/N-ethyl adjacent to an activating group) is 1. The van der Waals surface area contributed by atoms with Gasteiger partial charge in [-0.15, -0.1) is 0 Å². The van der Waals surface area contributed by atoms with E-state index in [1.165, 1.54) is 5.56 Å². The first kappa shape index (κ1) is 18.0. The van der Waals surface area contributed by atoms with E-state index in [4.69, 9.17) is 16.3 Å². The van der Waals surface area contributed by atoms with Crippen LogP contribution in [-0.4, -0.2) is 44.1 Å². The first-order valence-corrected chi connectivity index (χ1v) is 8.20. The Kier molecular flexibility index (Phi) is 7.06. The standard InChI is InChI=1S/C19H25ClN2O/c1-21(2)19(17-10-7-11-18(20)14-17)23-13-12-22(3)15-16-8-5-4-6-9-16/h4-11,14,19H,12-13,15H2,1-3H3. The fraction of sp³-hybridized carbons (Fsp3) is 0.368. The van der Waals surface area contributed by atoms with Crippen molar-refractivity contribution in [3.8, 4) is 0 Å². The van der Waals surface area contributed by atoms with E-state index in [1.54, 1.807) is 0 Å². The quantitative estimate of drug-likeness (QED) is 0.678. The Balaban J connectivity index is 1.85. The third kappa shape index (κ3) is 5.96. The van der Waals surface area contributed by atoms with E-state index in [9.17, 15) is 0 Å². The smallest absolute Gasteiger partial charge is 0.136 e. The lowest BCUT2D eigenvalue weighted by Crippen LogP contribution is -2.28. The van der Waals surface area contributed by atoms with Crippen molar-refractivity contribution in [1.29, 1.82) is 0 Å². The SMILES string of the molecule is CN(CCOC(c1cccc(Cl)c1)N(C)C)Cc1ccccc1. The molecule has 2 rings (SSSR count). The van der Waals surface area contributed by atoms with E-state index in [2.05, 4.69) is 41.1 Å². The third-order valence-corrected chi connectivity index (χ3v) is 3.88. The summed E-state index contributed by atoms with van der Waals surface area (Å²) >= 11 is 6.09. The van der Waals surface area contributed by atoms with E-state index in [0.717, 1.165) is 23.7 Å². The van der Waals surface area contributed by atoms with Crippen molar-refractivity contribution in [3.05, 3.63) is 70.7 Å². The zero-order chi connectivity index (χ0) is 16.7. The second-order valence-electron chi connectivity index (χ2n) is 5.97. The van der Waals surface area contributed by atoms with Gasteiger partial charge in [0.1, 0.15) is 6.23 Å². The second kappa shape index (κ2) is 9.04. The fourth-order valence-electron chi connectivity index (χ4n) is 2.50. The minimum Gasteiger partial charge on any atom is -0.358 e. The number of rotatable bonds is 8. The zero-order valence-electron chi connectivity index (χ0n) is 14.1. The molecule has 0 saturated heterocycles. The molecule has 2 aromatic carbocycles. The van der Waals surface area contributed by atoms with Gasteiger partial charge in [0.15, 0.2) is 0 Å². The molecule has 0 N–H and O–H groups in total. The van der Waals surface area contributed by atoms with Gasteiger partial charge in [0.05, 0.1) is 6.61 Å². The van der Waals surface area contributed by atoms with Crippen molar-refractivity contribution >= 4 is 11.6 Å². The molecule has 0 spiro atoms. The second-order valence-corrected chi connectivity index (χ2v) is 6.40. The lowest BCUT2D eigenvalue weighted by atomic mass is 10.2. The topological polar surface area (TPSA) is 15.7 Å². The summed E-state index contributed by atoms with van der Waals surface area (Å²) in [5, 5.41) is 0.735. The van der Waals surface area contributed by atoms with Crippen molar-refractivity contribution < 1.29 is 4.74 Å². The Labute approximate surface area is 144 Å². The van der Waals surface area contributed by atoms with Crippen LogP contribution in [0.3, 0.4) is 0 Å². The van der Waals surface area contributed by atoms with E-state index in [0.29, 0.717) is 6.61 Å². The first-order valence-electron chi connectivity index (χ1n) is 7.82. The summed E-state index contributed by atoms with van der Waals surface area (Å²) in [5.74, 6) is 0. The molecular formula is C19H25ClN2O. The summed E-state index contributed by atoms with van der Waals surface area (Å²) in [6.07, 6.45) is -0.0844. The first-order chi connectivity index (χ1) is 11.1. The van der Waals surface area contributed by atoms with E-state index in [-0.39, 0.29) is 6.23 Å². The van der Waals surface area contributed by atoms with Crippen LogP contribution in [-0.2, 0) is 11.3 Å². The van der Waals surface area contributed by atoms with Gasteiger partial charge in [0.2, 0.25) is 0 Å². The number of benzene rings is 2. The van der Waals surface area contributed by atoms with E-state index < -0.39 is 0 Å². The predicted molar refractivity (Wildman–Crippen MR) is 96.6 cm³/mol. The van der Waals surface area contributed by atoms with Crippen molar-refractivity contribution in [1.82, 2.24) is 9.80 Å². The molecule has 124 valence electrons. The van der Waals surface area contributed by atoms with Gasteiger partial charge >= 0.3 is 0 Å². The lowest BCUT2D eigenvalue weighted by molar-refractivity contribution is -0.0442. The summed E-state index contributed by atoms with van der Waals surface area (Å²) in [6, 6.07) is 18.3. The van der Waals surface area contributed by atoms with E-state index in [1.807, 2.05) is 44.4 Å². The van der Waals surface area contributed by atoms with Crippen LogP contribution in [0.2, 0.25) is 5.02 Å². The Morgan fingerprint density at radius 3 is 2.39 bits per heavy atom.